The molecule has 72 valence electrons. The average molecular weight is 171 g/mol. The molecule has 0 unspecified atom stereocenters. The van der Waals surface area contributed by atoms with Crippen LogP contribution in [0.25, 0.3) is 0 Å². The van der Waals surface area contributed by atoms with Crippen LogP contribution in [0.1, 0.15) is 27.2 Å². The van der Waals surface area contributed by atoms with Gasteiger partial charge in [-0.15, -0.1) is 0 Å². The highest BCUT2D eigenvalue weighted by Crippen LogP contribution is 2.15. The Hall–Kier alpha value is -0.0800. The van der Waals surface area contributed by atoms with E-state index in [4.69, 9.17) is 4.74 Å². The number of ether oxygens (including phenoxy) is 1. The van der Waals surface area contributed by atoms with E-state index in [1.165, 1.54) is 13.0 Å². The first kappa shape index (κ1) is 10.0. The molecule has 1 heterocycles. The molecule has 0 N–H and O–H groups in total. The molecule has 1 atom stereocenters. The van der Waals surface area contributed by atoms with Gasteiger partial charge in [-0.25, -0.2) is 0 Å². The Labute approximate surface area is 75.9 Å². The largest absolute Gasteiger partial charge is 0.378 e. The lowest BCUT2D eigenvalue weighted by molar-refractivity contribution is -0.0241. The summed E-state index contributed by atoms with van der Waals surface area (Å²) in [5.41, 5.74) is 0. The molecule has 0 amide bonds. The molecule has 1 aliphatic rings. The van der Waals surface area contributed by atoms with Gasteiger partial charge in [0.15, 0.2) is 0 Å². The van der Waals surface area contributed by atoms with Gasteiger partial charge in [0.2, 0.25) is 0 Å². The molecule has 0 aromatic carbocycles. The third kappa shape index (κ3) is 2.46. The molecule has 0 aromatic heterocycles. The van der Waals surface area contributed by atoms with Gasteiger partial charge < -0.3 is 4.74 Å². The van der Waals surface area contributed by atoms with Crippen LogP contribution in [0.5, 0.6) is 0 Å². The Kier molecular flexibility index (Phi) is 4.02. The summed E-state index contributed by atoms with van der Waals surface area (Å²) in [4.78, 5) is 2.56. The molecular weight excluding hydrogens is 150 g/mol. The fraction of sp³-hybridized carbons (Fsp3) is 1.00. The second kappa shape index (κ2) is 4.83. The van der Waals surface area contributed by atoms with E-state index in [9.17, 15) is 0 Å². The van der Waals surface area contributed by atoms with E-state index in [1.54, 1.807) is 0 Å². The summed E-state index contributed by atoms with van der Waals surface area (Å²) in [6, 6.07) is 0.652. The van der Waals surface area contributed by atoms with E-state index in [1.807, 2.05) is 0 Å². The van der Waals surface area contributed by atoms with Gasteiger partial charge in [0.25, 0.3) is 0 Å². The van der Waals surface area contributed by atoms with Crippen LogP contribution in [-0.4, -0.2) is 37.2 Å². The van der Waals surface area contributed by atoms with Crippen molar-refractivity contribution in [3.63, 3.8) is 0 Å². The van der Waals surface area contributed by atoms with E-state index in [0.29, 0.717) is 6.04 Å². The Morgan fingerprint density at radius 1 is 1.50 bits per heavy atom. The molecule has 0 radical (unpaired) electrons. The number of morpholine rings is 1. The third-order valence-corrected chi connectivity index (χ3v) is 2.56. The molecule has 0 bridgehead atoms. The first-order valence-electron chi connectivity index (χ1n) is 5.07. The lowest BCUT2D eigenvalue weighted by Gasteiger charge is -2.37. The Bertz CT molecular complexity index is 123. The predicted octanol–water partition coefficient (Wildman–Crippen LogP) is 1.75. The third-order valence-electron chi connectivity index (χ3n) is 2.56. The minimum atomic E-state index is 0.652. The minimum Gasteiger partial charge on any atom is -0.378 e. The summed E-state index contributed by atoms with van der Waals surface area (Å²) >= 11 is 0. The molecule has 0 aromatic rings. The number of hydrogen-bond acceptors (Lipinski definition) is 2. The van der Waals surface area contributed by atoms with Gasteiger partial charge in [-0.2, -0.15) is 0 Å². The highest BCUT2D eigenvalue weighted by atomic mass is 16.5. The molecule has 0 spiro atoms. The molecule has 12 heavy (non-hydrogen) atoms. The second-order valence-corrected chi connectivity index (χ2v) is 3.92. The fourth-order valence-electron chi connectivity index (χ4n) is 1.84. The number of hydrogen-bond donors (Lipinski definition) is 0. The van der Waals surface area contributed by atoms with Crippen molar-refractivity contribution in [1.82, 2.24) is 4.90 Å². The van der Waals surface area contributed by atoms with Gasteiger partial charge in [-0.3, -0.25) is 4.90 Å². The standard InChI is InChI=1S/C10H21NO/c1-4-5-11-6-7-12-8-10(11)9(2)3/h9-10H,4-8H2,1-3H3/t10-/m1/s1. The van der Waals surface area contributed by atoms with Crippen molar-refractivity contribution in [3.05, 3.63) is 0 Å². The van der Waals surface area contributed by atoms with Crippen molar-refractivity contribution in [2.24, 2.45) is 5.92 Å². The smallest absolute Gasteiger partial charge is 0.0624 e. The average Bonchev–Trinajstić information content (AvgIpc) is 2.05. The highest BCUT2D eigenvalue weighted by molar-refractivity contribution is 4.77. The summed E-state index contributed by atoms with van der Waals surface area (Å²) in [5.74, 6) is 0.719. The predicted molar refractivity (Wildman–Crippen MR) is 51.3 cm³/mol. The topological polar surface area (TPSA) is 12.5 Å². The molecule has 0 saturated carbocycles. The van der Waals surface area contributed by atoms with Gasteiger partial charge in [0.1, 0.15) is 0 Å². The molecule has 1 saturated heterocycles. The summed E-state index contributed by atoms with van der Waals surface area (Å²) in [5, 5.41) is 0. The summed E-state index contributed by atoms with van der Waals surface area (Å²) < 4.78 is 5.48. The van der Waals surface area contributed by atoms with Gasteiger partial charge in [0.05, 0.1) is 13.2 Å². The summed E-state index contributed by atoms with van der Waals surface area (Å²) in [6.07, 6.45) is 1.25. The molecule has 2 nitrogen and oxygen atoms in total. The molecular formula is C10H21NO. The van der Waals surface area contributed by atoms with Crippen molar-refractivity contribution >= 4 is 0 Å². The minimum absolute atomic E-state index is 0.652. The van der Waals surface area contributed by atoms with E-state index < -0.39 is 0 Å². The van der Waals surface area contributed by atoms with Crippen LogP contribution in [0.2, 0.25) is 0 Å². The normalized spacial score (nSPS) is 26.5. The second-order valence-electron chi connectivity index (χ2n) is 3.92. The van der Waals surface area contributed by atoms with Crippen molar-refractivity contribution in [2.75, 3.05) is 26.3 Å². The van der Waals surface area contributed by atoms with E-state index >= 15 is 0 Å². The monoisotopic (exact) mass is 171 g/mol. The lowest BCUT2D eigenvalue weighted by Crippen LogP contribution is -2.48. The van der Waals surface area contributed by atoms with Crippen molar-refractivity contribution < 1.29 is 4.74 Å². The maximum absolute atomic E-state index is 5.48. The van der Waals surface area contributed by atoms with Crippen molar-refractivity contribution in [3.8, 4) is 0 Å². The molecule has 1 aliphatic heterocycles. The zero-order valence-electron chi connectivity index (χ0n) is 8.55. The Morgan fingerprint density at radius 2 is 2.25 bits per heavy atom. The molecule has 1 fully saturated rings. The SMILES string of the molecule is CCCN1CCOC[C@@H]1C(C)C. The van der Waals surface area contributed by atoms with Gasteiger partial charge in [-0.1, -0.05) is 20.8 Å². The maximum atomic E-state index is 5.48. The maximum Gasteiger partial charge on any atom is 0.0624 e. The lowest BCUT2D eigenvalue weighted by atomic mass is 10.0. The van der Waals surface area contributed by atoms with Crippen molar-refractivity contribution in [2.45, 2.75) is 33.2 Å². The van der Waals surface area contributed by atoms with Crippen LogP contribution >= 0.6 is 0 Å². The first-order chi connectivity index (χ1) is 5.75. The van der Waals surface area contributed by atoms with E-state index in [0.717, 1.165) is 25.7 Å². The first-order valence-corrected chi connectivity index (χ1v) is 5.07. The van der Waals surface area contributed by atoms with Crippen molar-refractivity contribution in [1.29, 1.82) is 0 Å². The van der Waals surface area contributed by atoms with E-state index in [2.05, 4.69) is 25.7 Å². The Morgan fingerprint density at radius 3 is 2.83 bits per heavy atom. The van der Waals surface area contributed by atoms with Crippen LogP contribution in [0.15, 0.2) is 0 Å². The summed E-state index contributed by atoms with van der Waals surface area (Å²) in [6.45, 7) is 11.0. The Balaban J connectivity index is 2.42. The van der Waals surface area contributed by atoms with Crippen LogP contribution < -0.4 is 0 Å². The van der Waals surface area contributed by atoms with E-state index in [-0.39, 0.29) is 0 Å². The fourth-order valence-corrected chi connectivity index (χ4v) is 1.84. The zero-order chi connectivity index (χ0) is 8.97. The number of rotatable bonds is 3. The highest BCUT2D eigenvalue weighted by Gasteiger charge is 2.24. The molecule has 0 aliphatic carbocycles. The molecule has 2 heteroatoms. The van der Waals surface area contributed by atoms with Gasteiger partial charge in [0, 0.05) is 12.6 Å². The summed E-state index contributed by atoms with van der Waals surface area (Å²) in [7, 11) is 0. The van der Waals surface area contributed by atoms with Crippen LogP contribution in [0.3, 0.4) is 0 Å². The number of nitrogens with zero attached hydrogens (tertiary/aromatic N) is 1. The van der Waals surface area contributed by atoms with Crippen LogP contribution in [-0.2, 0) is 4.74 Å². The molecule has 1 rings (SSSR count). The van der Waals surface area contributed by atoms with Crippen LogP contribution in [0.4, 0.5) is 0 Å². The van der Waals surface area contributed by atoms with Gasteiger partial charge in [-0.05, 0) is 18.9 Å². The quantitative estimate of drug-likeness (QED) is 0.641. The zero-order valence-corrected chi connectivity index (χ0v) is 8.55. The van der Waals surface area contributed by atoms with Crippen LogP contribution in [0, 0.1) is 5.92 Å². The van der Waals surface area contributed by atoms with Gasteiger partial charge >= 0.3 is 0 Å².